The number of hydrogen-bond donors (Lipinski definition) is 2. The van der Waals surface area contributed by atoms with E-state index in [1.807, 2.05) is 12.1 Å². The zero-order valence-electron chi connectivity index (χ0n) is 10.9. The van der Waals surface area contributed by atoms with Gasteiger partial charge in [0.05, 0.1) is 11.4 Å². The lowest BCUT2D eigenvalue weighted by molar-refractivity contribution is 0.315. The van der Waals surface area contributed by atoms with Crippen LogP contribution >= 0.6 is 11.8 Å². The molecule has 1 aliphatic rings. The smallest absolute Gasteiger partial charge is 0.160 e. The summed E-state index contributed by atoms with van der Waals surface area (Å²) in [5.74, 6) is 1.19. The Labute approximate surface area is 116 Å². The molecule has 0 aliphatic heterocycles. The van der Waals surface area contributed by atoms with Crippen LogP contribution in [0.4, 0.5) is 11.4 Å². The molecule has 3 rings (SSSR count). The number of nitrogens with zero attached hydrogens (tertiary/aromatic N) is 2. The van der Waals surface area contributed by atoms with Gasteiger partial charge in [0, 0.05) is 11.3 Å². The number of nitrogens with two attached hydrogens (primary N) is 1. The van der Waals surface area contributed by atoms with Crippen molar-refractivity contribution >= 4 is 34.2 Å². The summed E-state index contributed by atoms with van der Waals surface area (Å²) in [5.41, 5.74) is 8.79. The molecule has 1 heterocycles. The largest absolute Gasteiger partial charge is 0.397 e. The van der Waals surface area contributed by atoms with Crippen LogP contribution in [-0.2, 0) is 0 Å². The van der Waals surface area contributed by atoms with Gasteiger partial charge in [-0.15, -0.1) is 0 Å². The fourth-order valence-electron chi connectivity index (χ4n) is 2.68. The van der Waals surface area contributed by atoms with Gasteiger partial charge in [0.2, 0.25) is 0 Å². The number of aromatic nitrogens is 2. The summed E-state index contributed by atoms with van der Waals surface area (Å²) < 4.78 is 4.79. The normalized spacial score (nSPS) is 23.0. The molecule has 0 saturated heterocycles. The Morgan fingerprint density at radius 2 is 2.21 bits per heavy atom. The van der Waals surface area contributed by atoms with E-state index in [9.17, 15) is 0 Å². The average Bonchev–Trinajstić information content (AvgIpc) is 3.03. The summed E-state index contributed by atoms with van der Waals surface area (Å²) in [4.78, 5) is 0. The number of nitrogen functional groups attached to an aromatic ring is 1. The molecule has 6 heteroatoms. The number of nitrogens with one attached hydrogen (secondary N) is 1. The summed E-state index contributed by atoms with van der Waals surface area (Å²) >= 11 is 2.05. The van der Waals surface area contributed by atoms with Crippen molar-refractivity contribution in [1.29, 1.82) is 0 Å². The maximum Gasteiger partial charge on any atom is 0.160 e. The van der Waals surface area contributed by atoms with E-state index in [4.69, 9.17) is 10.4 Å². The Morgan fingerprint density at radius 3 is 3.05 bits per heavy atom. The monoisotopic (exact) mass is 278 g/mol. The Balaban J connectivity index is 1.76. The van der Waals surface area contributed by atoms with Gasteiger partial charge in [-0.3, -0.25) is 0 Å². The SMILES string of the molecule is CCSC1CCC(Nc2ccc(N)c3nonc23)C1. The highest BCUT2D eigenvalue weighted by atomic mass is 32.2. The molecule has 2 atom stereocenters. The zero-order valence-corrected chi connectivity index (χ0v) is 11.7. The first-order valence-corrected chi connectivity index (χ1v) is 7.71. The topological polar surface area (TPSA) is 77.0 Å². The number of thioether (sulfide) groups is 1. The zero-order chi connectivity index (χ0) is 13.2. The molecule has 0 radical (unpaired) electrons. The van der Waals surface area contributed by atoms with Crippen molar-refractivity contribution in [3.05, 3.63) is 12.1 Å². The van der Waals surface area contributed by atoms with Crippen molar-refractivity contribution < 1.29 is 4.63 Å². The lowest BCUT2D eigenvalue weighted by atomic mass is 10.2. The molecule has 1 aromatic heterocycles. The molecule has 0 amide bonds. The van der Waals surface area contributed by atoms with Crippen LogP contribution in [-0.4, -0.2) is 27.4 Å². The Bertz CT molecular complexity index is 571. The highest BCUT2D eigenvalue weighted by molar-refractivity contribution is 7.99. The summed E-state index contributed by atoms with van der Waals surface area (Å²) in [7, 11) is 0. The second kappa shape index (κ2) is 5.28. The minimum Gasteiger partial charge on any atom is -0.397 e. The van der Waals surface area contributed by atoms with E-state index in [2.05, 4.69) is 34.3 Å². The molecule has 2 aromatic rings. The van der Waals surface area contributed by atoms with Crippen molar-refractivity contribution in [2.24, 2.45) is 0 Å². The molecular weight excluding hydrogens is 260 g/mol. The predicted molar refractivity (Wildman–Crippen MR) is 79.4 cm³/mol. The second-order valence-electron chi connectivity index (χ2n) is 4.90. The molecule has 1 saturated carbocycles. The van der Waals surface area contributed by atoms with Crippen molar-refractivity contribution in [2.75, 3.05) is 16.8 Å². The van der Waals surface area contributed by atoms with Crippen molar-refractivity contribution in [2.45, 2.75) is 37.5 Å². The van der Waals surface area contributed by atoms with Crippen LogP contribution in [0, 0.1) is 0 Å². The van der Waals surface area contributed by atoms with Gasteiger partial charge in [-0.2, -0.15) is 11.8 Å². The fraction of sp³-hybridized carbons (Fsp3) is 0.538. The quantitative estimate of drug-likeness (QED) is 0.837. The Morgan fingerprint density at radius 1 is 1.37 bits per heavy atom. The summed E-state index contributed by atoms with van der Waals surface area (Å²) in [6.07, 6.45) is 3.69. The van der Waals surface area contributed by atoms with Gasteiger partial charge in [0.15, 0.2) is 11.0 Å². The van der Waals surface area contributed by atoms with Crippen LogP contribution in [0.5, 0.6) is 0 Å². The molecule has 0 bridgehead atoms. The minimum atomic E-state index is 0.507. The van der Waals surface area contributed by atoms with Crippen LogP contribution in [0.2, 0.25) is 0 Å². The number of benzene rings is 1. The Kier molecular flexibility index (Phi) is 3.50. The highest BCUT2D eigenvalue weighted by Crippen LogP contribution is 2.33. The van der Waals surface area contributed by atoms with Gasteiger partial charge in [0.25, 0.3) is 0 Å². The van der Waals surface area contributed by atoms with E-state index in [1.54, 1.807) is 0 Å². The van der Waals surface area contributed by atoms with Gasteiger partial charge < -0.3 is 11.1 Å². The fourth-order valence-corrected chi connectivity index (χ4v) is 3.82. The van der Waals surface area contributed by atoms with Gasteiger partial charge in [-0.25, -0.2) is 4.63 Å². The van der Waals surface area contributed by atoms with E-state index in [1.165, 1.54) is 25.0 Å². The van der Waals surface area contributed by atoms with Crippen LogP contribution in [0.1, 0.15) is 26.2 Å². The maximum absolute atomic E-state index is 5.85. The van der Waals surface area contributed by atoms with E-state index in [-0.39, 0.29) is 0 Å². The lowest BCUT2D eigenvalue weighted by Gasteiger charge is -2.14. The standard InChI is InChI=1S/C13H18N4OS/c1-2-19-9-4-3-8(7-9)15-11-6-5-10(14)12-13(11)17-18-16-12/h5-6,8-9,15H,2-4,7,14H2,1H3. The number of rotatable bonds is 4. The first kappa shape index (κ1) is 12.6. The maximum atomic E-state index is 5.85. The minimum absolute atomic E-state index is 0.507. The Hall–Kier alpha value is -1.43. The number of hydrogen-bond acceptors (Lipinski definition) is 6. The second-order valence-corrected chi connectivity index (χ2v) is 6.47. The molecule has 0 spiro atoms. The van der Waals surface area contributed by atoms with Gasteiger partial charge in [-0.05, 0) is 47.5 Å². The lowest BCUT2D eigenvalue weighted by Crippen LogP contribution is -2.16. The summed E-state index contributed by atoms with van der Waals surface area (Å²) in [6, 6.07) is 4.32. The van der Waals surface area contributed by atoms with E-state index < -0.39 is 0 Å². The third-order valence-electron chi connectivity index (χ3n) is 3.59. The number of fused-ring (bicyclic) bond motifs is 1. The molecular formula is C13H18N4OS. The van der Waals surface area contributed by atoms with Crippen LogP contribution < -0.4 is 11.1 Å². The molecule has 2 unspecified atom stereocenters. The first-order chi connectivity index (χ1) is 9.28. The number of anilines is 2. The van der Waals surface area contributed by atoms with Crippen LogP contribution in [0.25, 0.3) is 11.0 Å². The first-order valence-electron chi connectivity index (χ1n) is 6.66. The van der Waals surface area contributed by atoms with E-state index >= 15 is 0 Å². The van der Waals surface area contributed by atoms with Crippen molar-refractivity contribution in [3.63, 3.8) is 0 Å². The summed E-state index contributed by atoms with van der Waals surface area (Å²) in [6.45, 7) is 2.22. The molecule has 102 valence electrons. The molecule has 19 heavy (non-hydrogen) atoms. The van der Waals surface area contributed by atoms with Crippen LogP contribution in [0.15, 0.2) is 16.8 Å². The molecule has 1 aliphatic carbocycles. The molecule has 1 aromatic carbocycles. The van der Waals surface area contributed by atoms with Crippen molar-refractivity contribution in [1.82, 2.24) is 10.3 Å². The predicted octanol–water partition coefficient (Wildman–Crippen LogP) is 2.89. The van der Waals surface area contributed by atoms with Gasteiger partial charge in [-0.1, -0.05) is 6.92 Å². The molecule has 3 N–H and O–H groups in total. The molecule has 5 nitrogen and oxygen atoms in total. The third kappa shape index (κ3) is 2.49. The molecule has 1 fully saturated rings. The van der Waals surface area contributed by atoms with Gasteiger partial charge >= 0.3 is 0 Å². The van der Waals surface area contributed by atoms with Crippen LogP contribution in [0.3, 0.4) is 0 Å². The third-order valence-corrected chi connectivity index (χ3v) is 4.83. The van der Waals surface area contributed by atoms with E-state index in [0.717, 1.165) is 16.5 Å². The van der Waals surface area contributed by atoms with Gasteiger partial charge in [0.1, 0.15) is 0 Å². The van der Waals surface area contributed by atoms with E-state index in [0.29, 0.717) is 17.2 Å². The highest BCUT2D eigenvalue weighted by Gasteiger charge is 2.25. The average molecular weight is 278 g/mol. The van der Waals surface area contributed by atoms with Crippen molar-refractivity contribution in [3.8, 4) is 0 Å². The summed E-state index contributed by atoms with van der Waals surface area (Å²) in [5, 5.41) is 12.1.